The first-order valence-corrected chi connectivity index (χ1v) is 8.01. The summed E-state index contributed by atoms with van der Waals surface area (Å²) in [5.41, 5.74) is 0.890. The molecule has 1 heterocycles. The van der Waals surface area contributed by atoms with Gasteiger partial charge in [0, 0.05) is 12.6 Å². The lowest BCUT2D eigenvalue weighted by Gasteiger charge is -2.26. The maximum absolute atomic E-state index is 13.1. The second kappa shape index (κ2) is 5.36. The van der Waals surface area contributed by atoms with Gasteiger partial charge in [-0.25, -0.2) is 12.8 Å². The molecule has 18 heavy (non-hydrogen) atoms. The van der Waals surface area contributed by atoms with Crippen LogP contribution in [-0.2, 0) is 16.4 Å². The topological polar surface area (TPSA) is 37.4 Å². The van der Waals surface area contributed by atoms with Gasteiger partial charge in [-0.1, -0.05) is 19.1 Å². The van der Waals surface area contributed by atoms with E-state index in [4.69, 9.17) is 0 Å². The van der Waals surface area contributed by atoms with E-state index < -0.39 is 9.84 Å². The zero-order chi connectivity index (χ0) is 13.2. The summed E-state index contributed by atoms with van der Waals surface area (Å²) in [5, 5.41) is 0. The molecule has 0 aromatic heterocycles. The highest BCUT2D eigenvalue weighted by atomic mass is 32.2. The first-order chi connectivity index (χ1) is 8.50. The Kier molecular flexibility index (Phi) is 4.02. The minimum atomic E-state index is -2.87. The third kappa shape index (κ3) is 3.29. The van der Waals surface area contributed by atoms with E-state index in [2.05, 4.69) is 4.90 Å². The maximum atomic E-state index is 13.1. The van der Waals surface area contributed by atoms with Crippen molar-refractivity contribution in [2.24, 2.45) is 0 Å². The summed E-state index contributed by atoms with van der Waals surface area (Å²) in [6.45, 7) is 3.38. The van der Waals surface area contributed by atoms with Gasteiger partial charge in [-0.15, -0.1) is 0 Å². The summed E-state index contributed by atoms with van der Waals surface area (Å²) < 4.78 is 36.1. The molecular formula is C13H18FNO2S. The average molecular weight is 271 g/mol. The van der Waals surface area contributed by atoms with Crippen molar-refractivity contribution >= 4 is 9.84 Å². The molecule has 3 nitrogen and oxygen atoms in total. The molecule has 1 aliphatic heterocycles. The van der Waals surface area contributed by atoms with Crippen LogP contribution in [0.4, 0.5) is 4.39 Å². The Hall–Kier alpha value is -0.940. The van der Waals surface area contributed by atoms with Crippen molar-refractivity contribution in [1.29, 1.82) is 0 Å². The van der Waals surface area contributed by atoms with Crippen molar-refractivity contribution < 1.29 is 12.8 Å². The van der Waals surface area contributed by atoms with E-state index in [0.29, 0.717) is 13.0 Å². The van der Waals surface area contributed by atoms with E-state index in [1.54, 1.807) is 6.07 Å². The fourth-order valence-electron chi connectivity index (χ4n) is 2.43. The summed E-state index contributed by atoms with van der Waals surface area (Å²) in [6.07, 6.45) is 0.686. The minimum Gasteiger partial charge on any atom is -0.295 e. The molecule has 1 saturated heterocycles. The third-order valence-electron chi connectivity index (χ3n) is 3.41. The highest BCUT2D eigenvalue weighted by Crippen LogP contribution is 2.19. The molecule has 1 aromatic rings. The van der Waals surface area contributed by atoms with Crippen LogP contribution in [0.1, 0.15) is 18.9 Å². The Morgan fingerprint density at radius 2 is 2.22 bits per heavy atom. The second-order valence-electron chi connectivity index (χ2n) is 4.75. The van der Waals surface area contributed by atoms with Crippen LogP contribution < -0.4 is 0 Å². The van der Waals surface area contributed by atoms with Crippen LogP contribution in [0.2, 0.25) is 0 Å². The first kappa shape index (κ1) is 13.5. The highest BCUT2D eigenvalue weighted by Gasteiger charge is 2.31. The second-order valence-corrected chi connectivity index (χ2v) is 6.98. The molecule has 0 bridgehead atoms. The van der Waals surface area contributed by atoms with Crippen LogP contribution in [0.3, 0.4) is 0 Å². The van der Waals surface area contributed by atoms with Crippen LogP contribution in [0.15, 0.2) is 24.3 Å². The third-order valence-corrected chi connectivity index (χ3v) is 5.16. The van der Waals surface area contributed by atoms with Crippen molar-refractivity contribution in [2.45, 2.75) is 25.9 Å². The lowest BCUT2D eigenvalue weighted by molar-refractivity contribution is 0.214. The molecule has 1 aliphatic rings. The summed E-state index contributed by atoms with van der Waals surface area (Å²) in [7, 11) is -2.87. The van der Waals surface area contributed by atoms with Crippen LogP contribution in [0.5, 0.6) is 0 Å². The lowest BCUT2D eigenvalue weighted by atomic mass is 10.1. The molecular weight excluding hydrogens is 253 g/mol. The molecule has 0 amide bonds. The largest absolute Gasteiger partial charge is 0.295 e. The van der Waals surface area contributed by atoms with Gasteiger partial charge in [0.2, 0.25) is 0 Å². The zero-order valence-electron chi connectivity index (χ0n) is 10.5. The number of rotatable bonds is 4. The smallest absolute Gasteiger partial charge is 0.151 e. The highest BCUT2D eigenvalue weighted by molar-refractivity contribution is 7.91. The minimum absolute atomic E-state index is 0.0725. The summed E-state index contributed by atoms with van der Waals surface area (Å²) in [4.78, 5) is 2.11. The quantitative estimate of drug-likeness (QED) is 0.838. The molecule has 1 atom stereocenters. The zero-order valence-corrected chi connectivity index (χ0v) is 11.3. The Bertz CT molecular complexity index is 515. The molecule has 100 valence electrons. The van der Waals surface area contributed by atoms with E-state index in [1.165, 1.54) is 12.1 Å². The summed E-state index contributed by atoms with van der Waals surface area (Å²) in [5.74, 6) is 0.260. The normalized spacial score (nSPS) is 22.5. The van der Waals surface area contributed by atoms with E-state index >= 15 is 0 Å². The SMILES string of the molecule is CCN(Cc1cccc(F)c1)[C@@H]1CCS(=O)(=O)C1. The average Bonchev–Trinajstić information content (AvgIpc) is 2.66. The van der Waals surface area contributed by atoms with Crippen molar-refractivity contribution in [3.63, 3.8) is 0 Å². The first-order valence-electron chi connectivity index (χ1n) is 6.19. The molecule has 0 saturated carbocycles. The Morgan fingerprint density at radius 1 is 1.44 bits per heavy atom. The Morgan fingerprint density at radius 3 is 2.78 bits per heavy atom. The van der Waals surface area contributed by atoms with Crippen LogP contribution >= 0.6 is 0 Å². The number of hydrogen-bond donors (Lipinski definition) is 0. The molecule has 0 aliphatic carbocycles. The van der Waals surface area contributed by atoms with Gasteiger partial charge < -0.3 is 0 Å². The van der Waals surface area contributed by atoms with Crippen LogP contribution in [0.25, 0.3) is 0 Å². The van der Waals surface area contributed by atoms with Gasteiger partial charge in [-0.05, 0) is 30.7 Å². The van der Waals surface area contributed by atoms with E-state index in [9.17, 15) is 12.8 Å². The lowest BCUT2D eigenvalue weighted by Crippen LogP contribution is -2.35. The van der Waals surface area contributed by atoms with E-state index in [1.807, 2.05) is 13.0 Å². The van der Waals surface area contributed by atoms with Gasteiger partial charge >= 0.3 is 0 Å². The van der Waals surface area contributed by atoms with Crippen LogP contribution in [-0.4, -0.2) is 37.4 Å². The molecule has 1 aromatic carbocycles. The van der Waals surface area contributed by atoms with Crippen LogP contribution in [0, 0.1) is 5.82 Å². The predicted molar refractivity (Wildman–Crippen MR) is 69.5 cm³/mol. The standard InChI is InChI=1S/C13H18FNO2S/c1-2-15(13-6-7-18(16,17)10-13)9-11-4-3-5-12(14)8-11/h3-5,8,13H,2,6-7,9-10H2,1H3/t13-/m1/s1. The molecule has 0 unspecified atom stereocenters. The van der Waals surface area contributed by atoms with Gasteiger partial charge in [0.25, 0.3) is 0 Å². The fraction of sp³-hybridized carbons (Fsp3) is 0.538. The van der Waals surface area contributed by atoms with Crippen molar-refractivity contribution in [3.05, 3.63) is 35.6 Å². The van der Waals surface area contributed by atoms with E-state index in [0.717, 1.165) is 12.1 Å². The van der Waals surface area contributed by atoms with Gasteiger partial charge in [0.15, 0.2) is 9.84 Å². The molecule has 0 N–H and O–H groups in total. The number of hydrogen-bond acceptors (Lipinski definition) is 3. The number of nitrogens with zero attached hydrogens (tertiary/aromatic N) is 1. The number of halogens is 1. The summed E-state index contributed by atoms with van der Waals surface area (Å²) >= 11 is 0. The van der Waals surface area contributed by atoms with Gasteiger partial charge in [-0.3, -0.25) is 4.90 Å². The molecule has 0 spiro atoms. The van der Waals surface area contributed by atoms with Crippen molar-refractivity contribution in [3.8, 4) is 0 Å². The Labute approximate surface area is 108 Å². The van der Waals surface area contributed by atoms with Gasteiger partial charge in [0.05, 0.1) is 11.5 Å². The maximum Gasteiger partial charge on any atom is 0.151 e. The number of benzene rings is 1. The molecule has 5 heteroatoms. The molecule has 1 fully saturated rings. The number of sulfone groups is 1. The summed E-state index contributed by atoms with van der Waals surface area (Å²) in [6, 6.07) is 6.55. The van der Waals surface area contributed by atoms with Crippen molar-refractivity contribution in [1.82, 2.24) is 4.90 Å². The fourth-order valence-corrected chi connectivity index (χ4v) is 4.19. The monoisotopic (exact) mass is 271 g/mol. The van der Waals surface area contributed by atoms with Crippen molar-refractivity contribution in [2.75, 3.05) is 18.1 Å². The predicted octanol–water partition coefficient (Wildman–Crippen LogP) is 1.83. The van der Waals surface area contributed by atoms with Gasteiger partial charge in [0.1, 0.15) is 5.82 Å². The molecule has 2 rings (SSSR count). The van der Waals surface area contributed by atoms with Gasteiger partial charge in [-0.2, -0.15) is 0 Å². The van der Waals surface area contributed by atoms with E-state index in [-0.39, 0.29) is 23.4 Å². The molecule has 0 radical (unpaired) electrons. The Balaban J connectivity index is 2.06.